The van der Waals surface area contributed by atoms with Gasteiger partial charge in [-0.1, -0.05) is 25.5 Å². The molecule has 1 rings (SSSR count). The van der Waals surface area contributed by atoms with Gasteiger partial charge >= 0.3 is 0 Å². The Morgan fingerprint density at radius 3 is 2.69 bits per heavy atom. The Morgan fingerprint density at radius 1 is 1.31 bits per heavy atom. The molecule has 0 fully saturated rings. The van der Waals surface area contributed by atoms with Crippen molar-refractivity contribution in [1.29, 1.82) is 0 Å². The van der Waals surface area contributed by atoms with Crippen LogP contribution < -0.4 is 0 Å². The minimum absolute atomic E-state index is 1.24. The Balaban J connectivity index is 2.87. The first-order valence-corrected chi connectivity index (χ1v) is 6.14. The van der Waals surface area contributed by atoms with E-state index in [9.17, 15) is 0 Å². The molecule has 1 heteroatoms. The van der Waals surface area contributed by atoms with Gasteiger partial charge in [0.1, 0.15) is 0 Å². The minimum Gasteiger partial charge on any atom is -0.129 e. The van der Waals surface area contributed by atoms with Gasteiger partial charge in [0.05, 0.1) is 0 Å². The molecule has 0 aliphatic carbocycles. The third-order valence-corrected chi connectivity index (χ3v) is 3.19. The first-order valence-electron chi connectivity index (χ1n) is 4.92. The van der Waals surface area contributed by atoms with Crippen molar-refractivity contribution >= 4 is 11.8 Å². The number of benzene rings is 1. The van der Waals surface area contributed by atoms with Crippen LogP contribution >= 0.6 is 11.8 Å². The minimum atomic E-state index is 1.24. The second-order valence-corrected chi connectivity index (χ2v) is 4.21. The zero-order valence-corrected chi connectivity index (χ0v) is 9.58. The van der Waals surface area contributed by atoms with Gasteiger partial charge < -0.3 is 0 Å². The predicted molar refractivity (Wildman–Crippen MR) is 61.6 cm³/mol. The SMILES string of the molecule is CCCCc1c(C)cccc1SC. The van der Waals surface area contributed by atoms with Gasteiger partial charge in [-0.25, -0.2) is 0 Å². The number of unbranched alkanes of at least 4 members (excludes halogenated alkanes) is 1. The van der Waals surface area contributed by atoms with Crippen LogP contribution in [0.2, 0.25) is 0 Å². The molecule has 1 aromatic rings. The zero-order valence-electron chi connectivity index (χ0n) is 8.76. The van der Waals surface area contributed by atoms with Crippen LogP contribution in [-0.4, -0.2) is 6.26 Å². The van der Waals surface area contributed by atoms with Crippen molar-refractivity contribution < 1.29 is 0 Å². The zero-order chi connectivity index (χ0) is 9.68. The Morgan fingerprint density at radius 2 is 2.08 bits per heavy atom. The molecule has 0 aromatic heterocycles. The molecule has 0 N–H and O–H groups in total. The van der Waals surface area contributed by atoms with Crippen LogP contribution in [0, 0.1) is 6.92 Å². The molecule has 0 aliphatic heterocycles. The van der Waals surface area contributed by atoms with Gasteiger partial charge in [0.2, 0.25) is 0 Å². The molecule has 72 valence electrons. The average molecular weight is 194 g/mol. The Labute approximate surface area is 85.7 Å². The van der Waals surface area contributed by atoms with Crippen LogP contribution in [0.15, 0.2) is 23.1 Å². The van der Waals surface area contributed by atoms with Crippen molar-refractivity contribution in [2.75, 3.05) is 6.26 Å². The fourth-order valence-corrected chi connectivity index (χ4v) is 2.26. The maximum Gasteiger partial charge on any atom is 0.0104 e. The maximum atomic E-state index is 2.25. The smallest absolute Gasteiger partial charge is 0.0104 e. The third kappa shape index (κ3) is 2.77. The molecule has 0 nitrogen and oxygen atoms in total. The molecule has 0 saturated heterocycles. The van der Waals surface area contributed by atoms with E-state index in [4.69, 9.17) is 0 Å². The van der Waals surface area contributed by atoms with Gasteiger partial charge in [-0.3, -0.25) is 0 Å². The molecule has 0 bridgehead atoms. The average Bonchev–Trinajstić information content (AvgIpc) is 2.15. The Kier molecular flexibility index (Phi) is 4.37. The van der Waals surface area contributed by atoms with Gasteiger partial charge in [0, 0.05) is 4.90 Å². The van der Waals surface area contributed by atoms with Crippen LogP contribution in [-0.2, 0) is 6.42 Å². The number of thioether (sulfide) groups is 1. The lowest BCUT2D eigenvalue weighted by Gasteiger charge is -2.09. The van der Waals surface area contributed by atoms with Gasteiger partial charge in [-0.2, -0.15) is 0 Å². The molecule has 0 heterocycles. The third-order valence-electron chi connectivity index (χ3n) is 2.37. The standard InChI is InChI=1S/C12H18S/c1-4-5-8-11-10(2)7-6-9-12(11)13-3/h6-7,9H,4-5,8H2,1-3H3. The maximum absolute atomic E-state index is 2.25. The monoisotopic (exact) mass is 194 g/mol. The summed E-state index contributed by atoms with van der Waals surface area (Å²) in [6.45, 7) is 4.46. The highest BCUT2D eigenvalue weighted by Crippen LogP contribution is 2.24. The summed E-state index contributed by atoms with van der Waals surface area (Å²) in [5, 5.41) is 0. The number of hydrogen-bond acceptors (Lipinski definition) is 1. The van der Waals surface area contributed by atoms with E-state index >= 15 is 0 Å². The highest BCUT2D eigenvalue weighted by molar-refractivity contribution is 7.98. The molecule has 0 spiro atoms. The fourth-order valence-electron chi connectivity index (χ4n) is 1.54. The van der Waals surface area contributed by atoms with E-state index in [1.165, 1.54) is 29.7 Å². The van der Waals surface area contributed by atoms with Crippen LogP contribution in [0.3, 0.4) is 0 Å². The van der Waals surface area contributed by atoms with Gasteiger partial charge in [0.15, 0.2) is 0 Å². The molecule has 1 aromatic carbocycles. The van der Waals surface area contributed by atoms with E-state index in [1.54, 1.807) is 5.56 Å². The molecule has 0 amide bonds. The van der Waals surface area contributed by atoms with E-state index in [-0.39, 0.29) is 0 Å². The summed E-state index contributed by atoms with van der Waals surface area (Å²) in [7, 11) is 0. The van der Waals surface area contributed by atoms with Crippen molar-refractivity contribution in [3.05, 3.63) is 29.3 Å². The van der Waals surface area contributed by atoms with Gasteiger partial charge in [-0.05, 0) is 43.2 Å². The molecule has 13 heavy (non-hydrogen) atoms. The van der Waals surface area contributed by atoms with E-state index in [2.05, 4.69) is 38.3 Å². The molecular weight excluding hydrogens is 176 g/mol. The van der Waals surface area contributed by atoms with Gasteiger partial charge in [-0.15, -0.1) is 11.8 Å². The summed E-state index contributed by atoms with van der Waals surface area (Å²) < 4.78 is 0. The Hall–Kier alpha value is -0.430. The summed E-state index contributed by atoms with van der Waals surface area (Å²) in [6, 6.07) is 6.59. The van der Waals surface area contributed by atoms with Crippen molar-refractivity contribution in [2.45, 2.75) is 38.0 Å². The molecular formula is C12H18S. The summed E-state index contributed by atoms with van der Waals surface area (Å²) in [5.41, 5.74) is 3.00. The van der Waals surface area contributed by atoms with Crippen LogP contribution in [0.1, 0.15) is 30.9 Å². The first-order chi connectivity index (χ1) is 6.29. The lowest BCUT2D eigenvalue weighted by molar-refractivity contribution is 0.781. The quantitative estimate of drug-likeness (QED) is 0.651. The topological polar surface area (TPSA) is 0 Å². The van der Waals surface area contributed by atoms with Crippen molar-refractivity contribution in [3.63, 3.8) is 0 Å². The van der Waals surface area contributed by atoms with Crippen molar-refractivity contribution in [2.24, 2.45) is 0 Å². The lowest BCUT2D eigenvalue weighted by atomic mass is 10.0. The van der Waals surface area contributed by atoms with Crippen molar-refractivity contribution in [3.8, 4) is 0 Å². The van der Waals surface area contributed by atoms with Crippen LogP contribution in [0.25, 0.3) is 0 Å². The van der Waals surface area contributed by atoms with Crippen LogP contribution in [0.4, 0.5) is 0 Å². The number of aryl methyl sites for hydroxylation is 1. The summed E-state index contributed by atoms with van der Waals surface area (Å²) >= 11 is 1.86. The number of hydrogen-bond donors (Lipinski definition) is 0. The molecule has 0 saturated carbocycles. The van der Waals surface area contributed by atoms with E-state index < -0.39 is 0 Å². The highest BCUT2D eigenvalue weighted by atomic mass is 32.2. The Bertz CT molecular complexity index is 266. The van der Waals surface area contributed by atoms with Gasteiger partial charge in [0.25, 0.3) is 0 Å². The summed E-state index contributed by atoms with van der Waals surface area (Å²) in [5.74, 6) is 0. The molecule has 0 radical (unpaired) electrons. The highest BCUT2D eigenvalue weighted by Gasteiger charge is 2.03. The predicted octanol–water partition coefficient (Wildman–Crippen LogP) is 4.06. The van der Waals surface area contributed by atoms with E-state index in [1.807, 2.05) is 11.8 Å². The van der Waals surface area contributed by atoms with Crippen LogP contribution in [0.5, 0.6) is 0 Å². The van der Waals surface area contributed by atoms with Crippen molar-refractivity contribution in [1.82, 2.24) is 0 Å². The number of rotatable bonds is 4. The molecule has 0 aliphatic rings. The summed E-state index contributed by atoms with van der Waals surface area (Å²) in [4.78, 5) is 1.45. The first kappa shape index (κ1) is 10.6. The molecule has 0 unspecified atom stereocenters. The lowest BCUT2D eigenvalue weighted by Crippen LogP contribution is -1.92. The normalized spacial score (nSPS) is 10.4. The second-order valence-electron chi connectivity index (χ2n) is 3.36. The van der Waals surface area contributed by atoms with E-state index in [0.29, 0.717) is 0 Å². The fraction of sp³-hybridized carbons (Fsp3) is 0.500. The molecule has 0 atom stereocenters. The largest absolute Gasteiger partial charge is 0.129 e. The second kappa shape index (κ2) is 5.33. The van der Waals surface area contributed by atoms with E-state index in [0.717, 1.165) is 0 Å². The summed E-state index contributed by atoms with van der Waals surface area (Å²) in [6.07, 6.45) is 5.98.